The molecule has 8 heteroatoms. The molecular formula is C29H29N5O3. The average Bonchev–Trinajstić information content (AvgIpc) is 3.22. The third-order valence-electron chi connectivity index (χ3n) is 6.75. The maximum absolute atomic E-state index is 13.0. The van der Waals surface area contributed by atoms with Gasteiger partial charge >= 0.3 is 0 Å². The molecule has 0 saturated carbocycles. The first-order valence-corrected chi connectivity index (χ1v) is 12.3. The summed E-state index contributed by atoms with van der Waals surface area (Å²) >= 11 is 0. The van der Waals surface area contributed by atoms with Crippen molar-refractivity contribution in [2.24, 2.45) is 4.99 Å². The summed E-state index contributed by atoms with van der Waals surface area (Å²) in [5.74, 6) is -1.02. The molecule has 188 valence electrons. The van der Waals surface area contributed by atoms with Crippen LogP contribution in [0.5, 0.6) is 0 Å². The van der Waals surface area contributed by atoms with Gasteiger partial charge in [0, 0.05) is 67.5 Å². The van der Waals surface area contributed by atoms with E-state index in [4.69, 9.17) is 0 Å². The Hall–Kier alpha value is -4.30. The lowest BCUT2D eigenvalue weighted by Crippen LogP contribution is -2.44. The second-order valence-corrected chi connectivity index (χ2v) is 9.44. The Bertz CT molecular complexity index is 1360. The van der Waals surface area contributed by atoms with Gasteiger partial charge in [0.1, 0.15) is 5.92 Å². The summed E-state index contributed by atoms with van der Waals surface area (Å²) in [5, 5.41) is 5.56. The number of amides is 2. The number of nitrogens with one attached hydrogen (secondary N) is 2. The molecule has 1 unspecified atom stereocenters. The molecule has 0 bridgehead atoms. The molecule has 0 aromatic heterocycles. The summed E-state index contributed by atoms with van der Waals surface area (Å²) in [5.41, 5.74) is 4.97. The van der Waals surface area contributed by atoms with Crippen LogP contribution < -0.4 is 15.5 Å². The van der Waals surface area contributed by atoms with Gasteiger partial charge in [0.25, 0.3) is 0 Å². The van der Waals surface area contributed by atoms with Crippen LogP contribution in [0.4, 0.5) is 22.7 Å². The molecule has 37 heavy (non-hydrogen) atoms. The van der Waals surface area contributed by atoms with Gasteiger partial charge in [-0.3, -0.25) is 19.4 Å². The van der Waals surface area contributed by atoms with Crippen molar-refractivity contribution in [1.82, 2.24) is 4.90 Å². The molecule has 0 radical (unpaired) electrons. The molecule has 3 aromatic rings. The number of nitrogens with zero attached hydrogens (tertiary/aromatic N) is 3. The predicted octanol–water partition coefficient (Wildman–Crippen LogP) is 4.07. The SMILES string of the molecule is CC(=O)Nc1ccc(C(=O)c2ccc3c(c2)NC(=O)C3C=Nc2ccc(N3CCN(C)CC3)cc2)cc1. The van der Waals surface area contributed by atoms with E-state index in [2.05, 4.69) is 44.6 Å². The van der Waals surface area contributed by atoms with Crippen molar-refractivity contribution in [2.45, 2.75) is 12.8 Å². The number of carbonyl (C=O) groups excluding carboxylic acids is 3. The third-order valence-corrected chi connectivity index (χ3v) is 6.75. The van der Waals surface area contributed by atoms with Crippen LogP contribution in [-0.2, 0) is 9.59 Å². The molecule has 2 N–H and O–H groups in total. The number of hydrogen-bond donors (Lipinski definition) is 2. The highest BCUT2D eigenvalue weighted by Crippen LogP contribution is 2.33. The molecule has 2 aliphatic heterocycles. The summed E-state index contributed by atoms with van der Waals surface area (Å²) in [6.07, 6.45) is 1.66. The van der Waals surface area contributed by atoms with Crippen LogP contribution in [0.25, 0.3) is 0 Å². The minimum Gasteiger partial charge on any atom is -0.369 e. The standard InChI is InChI=1S/C29H29N5O3/c1-19(35)31-23-6-3-20(4-7-23)28(36)21-5-12-25-26(29(37)32-27(25)17-21)18-30-22-8-10-24(11-9-22)34-15-13-33(2)14-16-34/h3-12,17-18,26H,13-16H2,1-2H3,(H,31,35)(H,32,37). The largest absolute Gasteiger partial charge is 0.369 e. The van der Waals surface area contributed by atoms with Crippen LogP contribution >= 0.6 is 0 Å². The van der Waals surface area contributed by atoms with E-state index in [1.165, 1.54) is 12.6 Å². The number of carbonyl (C=O) groups is 3. The molecule has 0 spiro atoms. The summed E-state index contributed by atoms with van der Waals surface area (Å²) < 4.78 is 0. The number of piperazine rings is 1. The lowest BCUT2D eigenvalue weighted by molar-refractivity contribution is -0.116. The zero-order valence-electron chi connectivity index (χ0n) is 20.9. The molecular weight excluding hydrogens is 466 g/mol. The summed E-state index contributed by atoms with van der Waals surface area (Å²) in [6, 6.07) is 20.0. The molecule has 0 aliphatic carbocycles. The molecule has 8 nitrogen and oxygen atoms in total. The lowest BCUT2D eigenvalue weighted by Gasteiger charge is -2.34. The molecule has 2 heterocycles. The predicted molar refractivity (Wildman–Crippen MR) is 146 cm³/mol. The summed E-state index contributed by atoms with van der Waals surface area (Å²) in [6.45, 7) is 5.54. The highest BCUT2D eigenvalue weighted by Gasteiger charge is 2.30. The van der Waals surface area contributed by atoms with Crippen molar-refractivity contribution in [3.05, 3.63) is 83.4 Å². The van der Waals surface area contributed by atoms with Crippen LogP contribution in [0, 0.1) is 0 Å². The first kappa shape index (κ1) is 24.4. The summed E-state index contributed by atoms with van der Waals surface area (Å²) in [4.78, 5) is 46.1. The van der Waals surface area contributed by atoms with E-state index in [0.717, 1.165) is 37.4 Å². The van der Waals surface area contributed by atoms with E-state index in [-0.39, 0.29) is 17.6 Å². The maximum Gasteiger partial charge on any atom is 0.237 e. The Morgan fingerprint density at radius 3 is 2.30 bits per heavy atom. The van der Waals surface area contributed by atoms with Gasteiger partial charge in [0.2, 0.25) is 11.8 Å². The molecule has 1 atom stereocenters. The number of ketones is 1. The van der Waals surface area contributed by atoms with Gasteiger partial charge in [0.05, 0.1) is 5.69 Å². The molecule has 1 fully saturated rings. The molecule has 5 rings (SSSR count). The topological polar surface area (TPSA) is 94.1 Å². The number of aliphatic imine (C=N–C) groups is 1. The van der Waals surface area contributed by atoms with E-state index < -0.39 is 5.92 Å². The van der Waals surface area contributed by atoms with Crippen molar-refractivity contribution in [3.63, 3.8) is 0 Å². The monoisotopic (exact) mass is 495 g/mol. The zero-order chi connectivity index (χ0) is 25.9. The Morgan fingerprint density at radius 1 is 0.946 bits per heavy atom. The van der Waals surface area contributed by atoms with Crippen molar-refractivity contribution in [1.29, 1.82) is 0 Å². The van der Waals surface area contributed by atoms with Crippen molar-refractivity contribution >= 4 is 46.6 Å². The van der Waals surface area contributed by atoms with Crippen LogP contribution in [0.1, 0.15) is 34.3 Å². The third kappa shape index (κ3) is 5.44. The van der Waals surface area contributed by atoms with E-state index >= 15 is 0 Å². The van der Waals surface area contributed by atoms with Crippen LogP contribution in [0.2, 0.25) is 0 Å². The smallest absolute Gasteiger partial charge is 0.237 e. The quantitative estimate of drug-likeness (QED) is 0.397. The van der Waals surface area contributed by atoms with E-state index in [1.54, 1.807) is 48.7 Å². The Kier molecular flexibility index (Phi) is 6.83. The number of rotatable bonds is 6. The zero-order valence-corrected chi connectivity index (χ0v) is 20.9. The average molecular weight is 496 g/mol. The van der Waals surface area contributed by atoms with Gasteiger partial charge in [-0.2, -0.15) is 0 Å². The maximum atomic E-state index is 13.0. The molecule has 2 amide bonds. The number of likely N-dealkylation sites (N-methyl/N-ethyl adjacent to an activating group) is 1. The van der Waals surface area contributed by atoms with Crippen LogP contribution in [-0.4, -0.2) is 61.9 Å². The molecule has 2 aliphatic rings. The Balaban J connectivity index is 1.27. The Labute approximate surface area is 216 Å². The fraction of sp³-hybridized carbons (Fsp3) is 0.241. The number of hydrogen-bond acceptors (Lipinski definition) is 6. The van der Waals surface area contributed by atoms with Crippen molar-refractivity contribution in [2.75, 3.05) is 48.8 Å². The van der Waals surface area contributed by atoms with Crippen LogP contribution in [0.3, 0.4) is 0 Å². The van der Waals surface area contributed by atoms with Crippen molar-refractivity contribution in [3.8, 4) is 0 Å². The fourth-order valence-electron chi connectivity index (χ4n) is 4.63. The highest BCUT2D eigenvalue weighted by atomic mass is 16.2. The van der Waals surface area contributed by atoms with Gasteiger partial charge in [-0.1, -0.05) is 12.1 Å². The molecule has 3 aromatic carbocycles. The lowest BCUT2D eigenvalue weighted by atomic mass is 9.97. The number of benzene rings is 3. The fourth-order valence-corrected chi connectivity index (χ4v) is 4.63. The second-order valence-electron chi connectivity index (χ2n) is 9.44. The normalized spacial score (nSPS) is 17.5. The van der Waals surface area contributed by atoms with Gasteiger partial charge in [-0.15, -0.1) is 0 Å². The first-order chi connectivity index (χ1) is 17.9. The van der Waals surface area contributed by atoms with E-state index in [9.17, 15) is 14.4 Å². The van der Waals surface area contributed by atoms with Gasteiger partial charge in [-0.05, 0) is 67.2 Å². The second kappa shape index (κ2) is 10.4. The molecule has 1 saturated heterocycles. The first-order valence-electron chi connectivity index (χ1n) is 12.3. The van der Waals surface area contributed by atoms with Gasteiger partial charge in [-0.25, -0.2) is 0 Å². The summed E-state index contributed by atoms with van der Waals surface area (Å²) in [7, 11) is 2.14. The van der Waals surface area contributed by atoms with E-state index in [0.29, 0.717) is 22.5 Å². The number of anilines is 3. The van der Waals surface area contributed by atoms with Gasteiger partial charge < -0.3 is 20.4 Å². The van der Waals surface area contributed by atoms with E-state index in [1.807, 2.05) is 12.1 Å². The van der Waals surface area contributed by atoms with Gasteiger partial charge in [0.15, 0.2) is 5.78 Å². The minimum absolute atomic E-state index is 0.163. The van der Waals surface area contributed by atoms with Crippen molar-refractivity contribution < 1.29 is 14.4 Å². The Morgan fingerprint density at radius 2 is 1.62 bits per heavy atom. The number of fused-ring (bicyclic) bond motifs is 1. The van der Waals surface area contributed by atoms with Crippen LogP contribution in [0.15, 0.2) is 71.7 Å². The highest BCUT2D eigenvalue weighted by molar-refractivity contribution is 6.15. The minimum atomic E-state index is -0.520.